The molecule has 4 nitrogen and oxygen atoms in total. The molecule has 0 bridgehead atoms. The zero-order valence-electron chi connectivity index (χ0n) is 12.2. The maximum Gasteiger partial charge on any atom is 0.337 e. The SMILES string of the molecule is COC(=O)c1ccc(Nc2cccc3ccccc23)c(N)c1. The lowest BCUT2D eigenvalue weighted by molar-refractivity contribution is 0.0601. The molecule has 0 fully saturated rings. The smallest absolute Gasteiger partial charge is 0.337 e. The first kappa shape index (κ1) is 13.9. The van der Waals surface area contributed by atoms with Crippen molar-refractivity contribution in [2.45, 2.75) is 0 Å². The Kier molecular flexibility index (Phi) is 3.66. The zero-order chi connectivity index (χ0) is 15.5. The van der Waals surface area contributed by atoms with Crippen molar-refractivity contribution in [3.05, 3.63) is 66.2 Å². The van der Waals surface area contributed by atoms with Crippen molar-refractivity contribution in [2.75, 3.05) is 18.2 Å². The van der Waals surface area contributed by atoms with Crippen LogP contribution in [0.25, 0.3) is 10.8 Å². The lowest BCUT2D eigenvalue weighted by Crippen LogP contribution is -2.04. The van der Waals surface area contributed by atoms with Crippen LogP contribution in [0, 0.1) is 0 Å². The lowest BCUT2D eigenvalue weighted by atomic mass is 10.1. The Morgan fingerprint density at radius 2 is 1.77 bits per heavy atom. The predicted molar refractivity (Wildman–Crippen MR) is 89.4 cm³/mol. The number of rotatable bonds is 3. The minimum absolute atomic E-state index is 0.400. The van der Waals surface area contributed by atoms with Gasteiger partial charge in [0.25, 0.3) is 0 Å². The lowest BCUT2D eigenvalue weighted by Gasteiger charge is -2.12. The molecule has 4 heteroatoms. The van der Waals surface area contributed by atoms with E-state index in [2.05, 4.69) is 23.5 Å². The van der Waals surface area contributed by atoms with Crippen molar-refractivity contribution in [1.82, 2.24) is 0 Å². The molecule has 3 aromatic rings. The summed E-state index contributed by atoms with van der Waals surface area (Å²) in [4.78, 5) is 11.5. The van der Waals surface area contributed by atoms with Crippen LogP contribution in [0.4, 0.5) is 17.1 Å². The van der Waals surface area contributed by atoms with Crippen LogP contribution in [-0.2, 0) is 4.74 Å². The highest BCUT2D eigenvalue weighted by atomic mass is 16.5. The number of nitrogens with two attached hydrogens (primary N) is 1. The summed E-state index contributed by atoms with van der Waals surface area (Å²) in [6, 6.07) is 19.2. The summed E-state index contributed by atoms with van der Waals surface area (Å²) < 4.78 is 4.69. The molecule has 3 aromatic carbocycles. The molecule has 110 valence electrons. The number of fused-ring (bicyclic) bond motifs is 1. The highest BCUT2D eigenvalue weighted by Crippen LogP contribution is 2.29. The first-order valence-corrected chi connectivity index (χ1v) is 6.91. The summed E-state index contributed by atoms with van der Waals surface area (Å²) in [5, 5.41) is 5.58. The summed E-state index contributed by atoms with van der Waals surface area (Å²) in [5.41, 5.74) is 8.69. The second-order valence-electron chi connectivity index (χ2n) is 4.95. The van der Waals surface area contributed by atoms with E-state index in [0.717, 1.165) is 22.1 Å². The number of benzene rings is 3. The zero-order valence-corrected chi connectivity index (χ0v) is 12.2. The molecule has 0 spiro atoms. The number of hydrogen-bond donors (Lipinski definition) is 2. The molecule has 0 saturated heterocycles. The van der Waals surface area contributed by atoms with Gasteiger partial charge in [-0.05, 0) is 29.7 Å². The van der Waals surface area contributed by atoms with Gasteiger partial charge in [0.1, 0.15) is 0 Å². The fraction of sp³-hybridized carbons (Fsp3) is 0.0556. The molecule has 0 amide bonds. The number of hydrogen-bond acceptors (Lipinski definition) is 4. The number of nitrogen functional groups attached to an aromatic ring is 1. The molecule has 22 heavy (non-hydrogen) atoms. The Morgan fingerprint density at radius 1 is 1.00 bits per heavy atom. The van der Waals surface area contributed by atoms with E-state index in [0.29, 0.717) is 11.3 Å². The quantitative estimate of drug-likeness (QED) is 0.566. The molecule has 0 atom stereocenters. The summed E-state index contributed by atoms with van der Waals surface area (Å²) in [6.07, 6.45) is 0. The van der Waals surface area contributed by atoms with Crippen molar-refractivity contribution in [3.8, 4) is 0 Å². The second-order valence-corrected chi connectivity index (χ2v) is 4.95. The molecular formula is C18H16N2O2. The molecule has 0 unspecified atom stereocenters. The van der Waals surface area contributed by atoms with Gasteiger partial charge in [0, 0.05) is 11.1 Å². The van der Waals surface area contributed by atoms with Crippen molar-refractivity contribution in [2.24, 2.45) is 0 Å². The van der Waals surface area contributed by atoms with Crippen LogP contribution >= 0.6 is 0 Å². The minimum Gasteiger partial charge on any atom is -0.465 e. The van der Waals surface area contributed by atoms with E-state index < -0.39 is 5.97 Å². The van der Waals surface area contributed by atoms with E-state index >= 15 is 0 Å². The first-order chi connectivity index (χ1) is 10.7. The Balaban J connectivity index is 1.97. The van der Waals surface area contributed by atoms with E-state index in [9.17, 15) is 4.79 Å². The van der Waals surface area contributed by atoms with E-state index in [1.807, 2.05) is 24.3 Å². The van der Waals surface area contributed by atoms with Gasteiger partial charge in [0.05, 0.1) is 24.0 Å². The number of carbonyl (C=O) groups excluding carboxylic acids is 1. The minimum atomic E-state index is -0.400. The van der Waals surface area contributed by atoms with Crippen LogP contribution in [0.3, 0.4) is 0 Å². The van der Waals surface area contributed by atoms with E-state index in [1.165, 1.54) is 7.11 Å². The standard InChI is InChI=1S/C18H16N2O2/c1-22-18(21)13-9-10-17(15(19)11-13)20-16-8-4-6-12-5-2-3-7-14(12)16/h2-11,20H,19H2,1H3. The molecule has 0 heterocycles. The number of carbonyl (C=O) groups is 1. The van der Waals surface area contributed by atoms with Crippen molar-refractivity contribution in [3.63, 3.8) is 0 Å². The summed E-state index contributed by atoms with van der Waals surface area (Å²) in [6.45, 7) is 0. The van der Waals surface area contributed by atoms with E-state index in [4.69, 9.17) is 10.5 Å². The monoisotopic (exact) mass is 292 g/mol. The third-order valence-electron chi connectivity index (χ3n) is 3.53. The first-order valence-electron chi connectivity index (χ1n) is 6.91. The molecule has 0 radical (unpaired) electrons. The second kappa shape index (κ2) is 5.77. The number of esters is 1. The van der Waals surface area contributed by atoms with Gasteiger partial charge >= 0.3 is 5.97 Å². The fourth-order valence-electron chi connectivity index (χ4n) is 2.40. The molecule has 3 rings (SSSR count). The van der Waals surface area contributed by atoms with Gasteiger partial charge in [0.2, 0.25) is 0 Å². The number of methoxy groups -OCH3 is 1. The Morgan fingerprint density at radius 3 is 2.55 bits per heavy atom. The topological polar surface area (TPSA) is 64.3 Å². The molecule has 0 aromatic heterocycles. The predicted octanol–water partition coefficient (Wildman–Crippen LogP) is 3.95. The van der Waals surface area contributed by atoms with E-state index in [-0.39, 0.29) is 0 Å². The van der Waals surface area contributed by atoms with Gasteiger partial charge in [-0.1, -0.05) is 36.4 Å². The maximum absolute atomic E-state index is 11.5. The molecule has 0 aliphatic rings. The number of nitrogens with one attached hydrogen (secondary N) is 1. The van der Waals surface area contributed by atoms with Crippen LogP contribution in [0.2, 0.25) is 0 Å². The van der Waals surface area contributed by atoms with Gasteiger partial charge < -0.3 is 15.8 Å². The van der Waals surface area contributed by atoms with Crippen molar-refractivity contribution >= 4 is 33.8 Å². The number of ether oxygens (including phenoxy) is 1. The fourth-order valence-corrected chi connectivity index (χ4v) is 2.40. The van der Waals surface area contributed by atoms with Crippen LogP contribution < -0.4 is 11.1 Å². The van der Waals surface area contributed by atoms with E-state index in [1.54, 1.807) is 18.2 Å². The molecule has 0 saturated carbocycles. The molecular weight excluding hydrogens is 276 g/mol. The molecule has 0 aliphatic carbocycles. The average molecular weight is 292 g/mol. The summed E-state index contributed by atoms with van der Waals surface area (Å²) in [5.74, 6) is -0.400. The van der Waals surface area contributed by atoms with Gasteiger partial charge in [-0.3, -0.25) is 0 Å². The Bertz CT molecular complexity index is 838. The number of anilines is 3. The van der Waals surface area contributed by atoms with Crippen LogP contribution in [0.1, 0.15) is 10.4 Å². The Labute approximate surface area is 128 Å². The van der Waals surface area contributed by atoms with Crippen molar-refractivity contribution in [1.29, 1.82) is 0 Å². The molecule has 0 aliphatic heterocycles. The highest BCUT2D eigenvalue weighted by Gasteiger charge is 2.09. The Hall–Kier alpha value is -3.01. The third kappa shape index (κ3) is 2.59. The summed E-state index contributed by atoms with van der Waals surface area (Å²) >= 11 is 0. The van der Waals surface area contributed by atoms with Gasteiger partial charge in [-0.25, -0.2) is 4.79 Å². The summed E-state index contributed by atoms with van der Waals surface area (Å²) in [7, 11) is 1.35. The van der Waals surface area contributed by atoms with Crippen molar-refractivity contribution < 1.29 is 9.53 Å². The highest BCUT2D eigenvalue weighted by molar-refractivity contribution is 5.97. The maximum atomic E-state index is 11.5. The van der Waals surface area contributed by atoms with Crippen LogP contribution in [-0.4, -0.2) is 13.1 Å². The average Bonchev–Trinajstić information content (AvgIpc) is 2.56. The van der Waals surface area contributed by atoms with Crippen LogP contribution in [0.5, 0.6) is 0 Å². The van der Waals surface area contributed by atoms with Gasteiger partial charge in [-0.2, -0.15) is 0 Å². The molecule has 3 N–H and O–H groups in total. The largest absolute Gasteiger partial charge is 0.465 e. The van der Waals surface area contributed by atoms with Gasteiger partial charge in [0.15, 0.2) is 0 Å². The normalized spacial score (nSPS) is 10.4. The van der Waals surface area contributed by atoms with Gasteiger partial charge in [-0.15, -0.1) is 0 Å². The van der Waals surface area contributed by atoms with Crippen LogP contribution in [0.15, 0.2) is 60.7 Å². The third-order valence-corrected chi connectivity index (χ3v) is 3.53.